The molecule has 1 aromatic heterocycles. The number of para-hydroxylation sites is 3. The van der Waals surface area contributed by atoms with Gasteiger partial charge in [-0.25, -0.2) is 4.98 Å². The summed E-state index contributed by atoms with van der Waals surface area (Å²) in [6.07, 6.45) is 0.890. The smallest absolute Gasteiger partial charge is 0.261 e. The van der Waals surface area contributed by atoms with Crippen molar-refractivity contribution in [3.05, 3.63) is 59.9 Å². The number of fused-ring (bicyclic) bond motifs is 2. The second kappa shape index (κ2) is 6.83. The highest BCUT2D eigenvalue weighted by molar-refractivity contribution is 5.82. The third-order valence-electron chi connectivity index (χ3n) is 4.77. The molecule has 0 saturated heterocycles. The van der Waals surface area contributed by atoms with Crippen LogP contribution in [0.5, 0.6) is 5.75 Å². The van der Waals surface area contributed by atoms with Crippen molar-refractivity contribution < 1.29 is 9.53 Å². The standard InChI is InChI=1S/C21H23N3O2/c1-14(2)24-17-9-5-4-8-16(17)23-20(24)11-12-22-21(25)19-13-15-7-3-6-10-18(15)26-19/h3-10,14,19H,11-13H2,1-2H3,(H,22,25)/t19-/m1/s1. The molecule has 1 N–H and O–H groups in total. The van der Waals surface area contributed by atoms with E-state index in [4.69, 9.17) is 9.72 Å². The summed E-state index contributed by atoms with van der Waals surface area (Å²) in [6.45, 7) is 4.85. The average molecular weight is 349 g/mol. The van der Waals surface area contributed by atoms with Gasteiger partial charge in [0.15, 0.2) is 6.10 Å². The van der Waals surface area contributed by atoms with E-state index in [0.717, 1.165) is 28.2 Å². The molecule has 0 saturated carbocycles. The lowest BCUT2D eigenvalue weighted by molar-refractivity contribution is -0.127. The highest BCUT2D eigenvalue weighted by Gasteiger charge is 2.28. The minimum Gasteiger partial charge on any atom is -0.480 e. The molecule has 134 valence electrons. The van der Waals surface area contributed by atoms with Gasteiger partial charge in [0.1, 0.15) is 11.6 Å². The van der Waals surface area contributed by atoms with Crippen molar-refractivity contribution in [1.82, 2.24) is 14.9 Å². The number of imidazole rings is 1. The summed E-state index contributed by atoms with van der Waals surface area (Å²) in [5.74, 6) is 1.75. The first kappa shape index (κ1) is 16.6. The van der Waals surface area contributed by atoms with Crippen molar-refractivity contribution in [3.8, 4) is 5.75 Å². The van der Waals surface area contributed by atoms with Gasteiger partial charge in [-0.05, 0) is 37.6 Å². The van der Waals surface area contributed by atoms with E-state index < -0.39 is 6.10 Å². The topological polar surface area (TPSA) is 56.2 Å². The van der Waals surface area contributed by atoms with Crippen molar-refractivity contribution in [1.29, 1.82) is 0 Å². The second-order valence-electron chi connectivity index (χ2n) is 6.94. The molecule has 5 nitrogen and oxygen atoms in total. The largest absolute Gasteiger partial charge is 0.480 e. The van der Waals surface area contributed by atoms with Crippen LogP contribution in [0.3, 0.4) is 0 Å². The SMILES string of the molecule is CC(C)n1c(CCNC(=O)[C@H]2Cc3ccccc3O2)nc2ccccc21. The van der Waals surface area contributed by atoms with Gasteiger partial charge in [0, 0.05) is 25.4 Å². The van der Waals surface area contributed by atoms with E-state index in [9.17, 15) is 4.79 Å². The zero-order chi connectivity index (χ0) is 18.1. The van der Waals surface area contributed by atoms with Gasteiger partial charge in [-0.3, -0.25) is 4.79 Å². The number of hydrogen-bond donors (Lipinski definition) is 1. The van der Waals surface area contributed by atoms with Gasteiger partial charge in [0.05, 0.1) is 11.0 Å². The van der Waals surface area contributed by atoms with E-state index in [0.29, 0.717) is 25.4 Å². The van der Waals surface area contributed by atoms with Gasteiger partial charge in [0.25, 0.3) is 5.91 Å². The first-order valence-electron chi connectivity index (χ1n) is 9.11. The molecule has 1 amide bonds. The van der Waals surface area contributed by atoms with Crippen LogP contribution in [0.25, 0.3) is 11.0 Å². The Bertz CT molecular complexity index is 920. The van der Waals surface area contributed by atoms with Crippen LogP contribution in [-0.4, -0.2) is 28.1 Å². The molecule has 1 atom stereocenters. The molecule has 2 aromatic carbocycles. The van der Waals surface area contributed by atoms with Gasteiger partial charge in [-0.1, -0.05) is 30.3 Å². The average Bonchev–Trinajstić information content (AvgIpc) is 3.22. The van der Waals surface area contributed by atoms with Crippen molar-refractivity contribution in [2.24, 2.45) is 0 Å². The maximum Gasteiger partial charge on any atom is 0.261 e. The molecule has 0 unspecified atom stereocenters. The fourth-order valence-corrected chi connectivity index (χ4v) is 3.59. The molecule has 1 aliphatic heterocycles. The minimum atomic E-state index is -0.434. The Morgan fingerprint density at radius 3 is 2.81 bits per heavy atom. The maximum absolute atomic E-state index is 12.4. The monoisotopic (exact) mass is 349 g/mol. The van der Waals surface area contributed by atoms with E-state index in [-0.39, 0.29) is 5.91 Å². The molecule has 0 spiro atoms. The maximum atomic E-state index is 12.4. The van der Waals surface area contributed by atoms with Crippen molar-refractivity contribution in [3.63, 3.8) is 0 Å². The third-order valence-corrected chi connectivity index (χ3v) is 4.77. The first-order valence-corrected chi connectivity index (χ1v) is 9.11. The van der Waals surface area contributed by atoms with Gasteiger partial charge in [-0.15, -0.1) is 0 Å². The Hall–Kier alpha value is -2.82. The van der Waals surface area contributed by atoms with E-state index in [1.807, 2.05) is 42.5 Å². The predicted octanol–water partition coefficient (Wildman–Crippen LogP) is 3.28. The lowest BCUT2D eigenvalue weighted by Crippen LogP contribution is -2.38. The number of aromatic nitrogens is 2. The van der Waals surface area contributed by atoms with E-state index in [1.54, 1.807) is 0 Å². The van der Waals surface area contributed by atoms with Crippen LogP contribution >= 0.6 is 0 Å². The molecule has 1 aliphatic rings. The van der Waals surface area contributed by atoms with Gasteiger partial charge in [0.2, 0.25) is 0 Å². The molecule has 0 radical (unpaired) electrons. The van der Waals surface area contributed by atoms with Crippen molar-refractivity contribution >= 4 is 16.9 Å². The Kier molecular flexibility index (Phi) is 4.37. The molecule has 4 rings (SSSR count). The molecular weight excluding hydrogens is 326 g/mol. The van der Waals surface area contributed by atoms with Crippen LogP contribution in [0.15, 0.2) is 48.5 Å². The van der Waals surface area contributed by atoms with Crippen LogP contribution in [0, 0.1) is 0 Å². The predicted molar refractivity (Wildman–Crippen MR) is 101 cm³/mol. The van der Waals surface area contributed by atoms with Gasteiger partial charge >= 0.3 is 0 Å². The van der Waals surface area contributed by atoms with E-state index in [1.165, 1.54) is 0 Å². The number of benzene rings is 2. The highest BCUT2D eigenvalue weighted by atomic mass is 16.5. The third kappa shape index (κ3) is 3.05. The first-order chi connectivity index (χ1) is 12.6. The Morgan fingerprint density at radius 1 is 1.23 bits per heavy atom. The van der Waals surface area contributed by atoms with Crippen molar-refractivity contribution in [2.45, 2.75) is 38.8 Å². The molecule has 0 fully saturated rings. The van der Waals surface area contributed by atoms with Gasteiger partial charge < -0.3 is 14.6 Å². The summed E-state index contributed by atoms with van der Waals surface area (Å²) in [5, 5.41) is 3.00. The summed E-state index contributed by atoms with van der Waals surface area (Å²) in [5.41, 5.74) is 3.23. The Labute approximate surface area is 153 Å². The fraction of sp³-hybridized carbons (Fsp3) is 0.333. The highest BCUT2D eigenvalue weighted by Crippen LogP contribution is 2.28. The summed E-state index contributed by atoms with van der Waals surface area (Å²) in [7, 11) is 0. The second-order valence-corrected chi connectivity index (χ2v) is 6.94. The number of ether oxygens (including phenoxy) is 1. The summed E-state index contributed by atoms with van der Waals surface area (Å²) >= 11 is 0. The molecule has 26 heavy (non-hydrogen) atoms. The molecule has 0 bridgehead atoms. The molecule has 3 aromatic rings. The number of nitrogens with zero attached hydrogens (tertiary/aromatic N) is 2. The van der Waals surface area contributed by atoms with Crippen LogP contribution in [0.4, 0.5) is 0 Å². The molecule has 5 heteroatoms. The zero-order valence-electron chi connectivity index (χ0n) is 15.1. The lowest BCUT2D eigenvalue weighted by atomic mass is 10.1. The molecule has 0 aliphatic carbocycles. The summed E-state index contributed by atoms with van der Waals surface area (Å²) in [4.78, 5) is 17.2. The van der Waals surface area contributed by atoms with Crippen molar-refractivity contribution in [2.75, 3.05) is 6.54 Å². The normalized spacial score (nSPS) is 15.9. The van der Waals surface area contributed by atoms with Crippen LogP contribution in [0.1, 0.15) is 31.3 Å². The van der Waals surface area contributed by atoms with Crippen LogP contribution in [0.2, 0.25) is 0 Å². The number of rotatable bonds is 5. The van der Waals surface area contributed by atoms with Crippen LogP contribution < -0.4 is 10.1 Å². The Balaban J connectivity index is 1.40. The molecule has 2 heterocycles. The number of hydrogen-bond acceptors (Lipinski definition) is 3. The number of carbonyl (C=O) groups excluding carboxylic acids is 1. The van der Waals surface area contributed by atoms with E-state index >= 15 is 0 Å². The molecular formula is C21H23N3O2. The number of nitrogens with one attached hydrogen (secondary N) is 1. The zero-order valence-corrected chi connectivity index (χ0v) is 15.1. The Morgan fingerprint density at radius 2 is 2.00 bits per heavy atom. The number of carbonyl (C=O) groups is 1. The van der Waals surface area contributed by atoms with Gasteiger partial charge in [-0.2, -0.15) is 0 Å². The quantitative estimate of drug-likeness (QED) is 0.769. The lowest BCUT2D eigenvalue weighted by Gasteiger charge is -2.14. The van der Waals surface area contributed by atoms with Crippen LogP contribution in [-0.2, 0) is 17.6 Å². The number of amides is 1. The fourth-order valence-electron chi connectivity index (χ4n) is 3.59. The summed E-state index contributed by atoms with van der Waals surface area (Å²) in [6, 6.07) is 16.3. The van der Waals surface area contributed by atoms with E-state index in [2.05, 4.69) is 29.8 Å². The summed E-state index contributed by atoms with van der Waals surface area (Å²) < 4.78 is 7.99. The minimum absolute atomic E-state index is 0.0617.